The number of amides is 1. The standard InChI is InChI=1S/C23H23F4N5O/c24-19-11-9-16(10-12-19)14-31(20-7-2-1-3-8-20)21(33)15-32-29-22(28-30-32)17-5-4-6-18(13-17)23(25,26)27/h4-6,9-13,20H,1-3,7-8,14-15H2. The van der Waals surface area contributed by atoms with Gasteiger partial charge in [-0.3, -0.25) is 4.79 Å². The van der Waals surface area contributed by atoms with Crippen LogP contribution in [0.2, 0.25) is 0 Å². The summed E-state index contributed by atoms with van der Waals surface area (Å²) in [7, 11) is 0. The third kappa shape index (κ3) is 5.74. The molecule has 1 aliphatic rings. The number of alkyl halides is 3. The molecular weight excluding hydrogens is 438 g/mol. The molecule has 33 heavy (non-hydrogen) atoms. The summed E-state index contributed by atoms with van der Waals surface area (Å²) in [5.41, 5.74) is 0.167. The van der Waals surface area contributed by atoms with Crippen LogP contribution < -0.4 is 0 Å². The van der Waals surface area contributed by atoms with E-state index in [1.54, 1.807) is 17.0 Å². The summed E-state index contributed by atoms with van der Waals surface area (Å²) in [6.45, 7) is 0.141. The fraction of sp³-hybridized carbons (Fsp3) is 0.391. The number of halogens is 4. The van der Waals surface area contributed by atoms with Gasteiger partial charge in [0.2, 0.25) is 11.7 Å². The van der Waals surface area contributed by atoms with Gasteiger partial charge in [0.1, 0.15) is 12.4 Å². The molecule has 174 valence electrons. The topological polar surface area (TPSA) is 63.9 Å². The summed E-state index contributed by atoms with van der Waals surface area (Å²) < 4.78 is 52.3. The molecule has 0 spiro atoms. The second kappa shape index (κ2) is 9.68. The Morgan fingerprint density at radius 3 is 2.48 bits per heavy atom. The molecule has 3 aromatic rings. The Hall–Kier alpha value is -3.30. The summed E-state index contributed by atoms with van der Waals surface area (Å²) in [6.07, 6.45) is 0.460. The Balaban J connectivity index is 1.51. The van der Waals surface area contributed by atoms with Gasteiger partial charge in [-0.1, -0.05) is 43.5 Å². The van der Waals surface area contributed by atoms with Gasteiger partial charge >= 0.3 is 6.18 Å². The molecule has 1 saturated carbocycles. The van der Waals surface area contributed by atoms with E-state index in [0.29, 0.717) is 6.54 Å². The second-order valence-corrected chi connectivity index (χ2v) is 8.16. The maximum atomic E-state index is 13.3. The molecule has 0 atom stereocenters. The molecule has 0 N–H and O–H groups in total. The molecule has 1 amide bonds. The van der Waals surface area contributed by atoms with Crippen LogP contribution in [0.4, 0.5) is 17.6 Å². The number of carbonyl (C=O) groups is 1. The van der Waals surface area contributed by atoms with Gasteiger partial charge in [0.15, 0.2) is 0 Å². The van der Waals surface area contributed by atoms with Crippen LogP contribution >= 0.6 is 0 Å². The third-order valence-electron chi connectivity index (χ3n) is 5.78. The fourth-order valence-electron chi connectivity index (χ4n) is 4.07. The van der Waals surface area contributed by atoms with E-state index in [-0.39, 0.29) is 35.7 Å². The number of rotatable bonds is 6. The Labute approximate surface area is 188 Å². The van der Waals surface area contributed by atoms with E-state index in [4.69, 9.17) is 0 Å². The molecule has 0 saturated heterocycles. The molecular formula is C23H23F4N5O. The molecule has 1 heterocycles. The zero-order chi connectivity index (χ0) is 23.4. The van der Waals surface area contributed by atoms with Gasteiger partial charge in [0.05, 0.1) is 5.56 Å². The Morgan fingerprint density at radius 2 is 1.79 bits per heavy atom. The highest BCUT2D eigenvalue weighted by Gasteiger charge is 2.31. The van der Waals surface area contributed by atoms with Crippen molar-refractivity contribution in [1.29, 1.82) is 0 Å². The lowest BCUT2D eigenvalue weighted by Crippen LogP contribution is -2.42. The van der Waals surface area contributed by atoms with Crippen LogP contribution in [-0.4, -0.2) is 37.1 Å². The van der Waals surface area contributed by atoms with E-state index >= 15 is 0 Å². The average molecular weight is 461 g/mol. The zero-order valence-electron chi connectivity index (χ0n) is 17.8. The van der Waals surface area contributed by atoms with Crippen LogP contribution in [0.5, 0.6) is 0 Å². The summed E-state index contributed by atoms with van der Waals surface area (Å²) in [5, 5.41) is 11.8. The number of tetrazole rings is 1. The predicted molar refractivity (Wildman–Crippen MR) is 112 cm³/mol. The van der Waals surface area contributed by atoms with Gasteiger partial charge in [0, 0.05) is 18.2 Å². The molecule has 0 bridgehead atoms. The van der Waals surface area contributed by atoms with Crippen LogP contribution in [0.15, 0.2) is 48.5 Å². The number of aromatic nitrogens is 4. The zero-order valence-corrected chi connectivity index (χ0v) is 17.8. The number of hydrogen-bond donors (Lipinski definition) is 0. The van der Waals surface area contributed by atoms with Crippen molar-refractivity contribution in [2.45, 2.75) is 57.4 Å². The summed E-state index contributed by atoms with van der Waals surface area (Å²) in [4.78, 5) is 16.0. The Morgan fingerprint density at radius 1 is 1.06 bits per heavy atom. The molecule has 4 rings (SSSR count). The highest BCUT2D eigenvalue weighted by Crippen LogP contribution is 2.31. The van der Waals surface area contributed by atoms with Crippen molar-refractivity contribution in [3.63, 3.8) is 0 Å². The van der Waals surface area contributed by atoms with E-state index in [1.807, 2.05) is 0 Å². The fourth-order valence-corrected chi connectivity index (χ4v) is 4.07. The first-order valence-electron chi connectivity index (χ1n) is 10.8. The van der Waals surface area contributed by atoms with E-state index in [0.717, 1.165) is 54.6 Å². The van der Waals surface area contributed by atoms with Gasteiger partial charge in [-0.05, 0) is 47.9 Å². The molecule has 0 unspecified atom stereocenters. The Bertz CT molecular complexity index is 1090. The number of benzene rings is 2. The van der Waals surface area contributed by atoms with Crippen molar-refractivity contribution in [3.05, 3.63) is 65.5 Å². The van der Waals surface area contributed by atoms with Crippen molar-refractivity contribution in [2.75, 3.05) is 0 Å². The molecule has 1 aromatic heterocycles. The SMILES string of the molecule is O=C(Cn1nnc(-c2cccc(C(F)(F)F)c2)n1)N(Cc1ccc(F)cc1)C1CCCCC1. The third-order valence-corrected chi connectivity index (χ3v) is 5.78. The molecule has 0 aliphatic heterocycles. The number of hydrogen-bond acceptors (Lipinski definition) is 4. The molecule has 1 fully saturated rings. The van der Waals surface area contributed by atoms with Gasteiger partial charge in [-0.15, -0.1) is 10.2 Å². The van der Waals surface area contributed by atoms with Crippen LogP contribution in [-0.2, 0) is 24.1 Å². The molecule has 0 radical (unpaired) electrons. The van der Waals surface area contributed by atoms with Crippen molar-refractivity contribution >= 4 is 5.91 Å². The van der Waals surface area contributed by atoms with E-state index in [2.05, 4.69) is 15.4 Å². The average Bonchev–Trinajstić information content (AvgIpc) is 3.27. The molecule has 10 heteroatoms. The maximum absolute atomic E-state index is 13.3. The highest BCUT2D eigenvalue weighted by atomic mass is 19.4. The molecule has 1 aliphatic carbocycles. The quantitative estimate of drug-likeness (QED) is 0.492. The summed E-state index contributed by atoms with van der Waals surface area (Å²) in [6, 6.07) is 10.7. The minimum atomic E-state index is -4.48. The van der Waals surface area contributed by atoms with Crippen LogP contribution in [0.25, 0.3) is 11.4 Å². The largest absolute Gasteiger partial charge is 0.416 e. The van der Waals surface area contributed by atoms with Crippen molar-refractivity contribution < 1.29 is 22.4 Å². The lowest BCUT2D eigenvalue weighted by atomic mass is 9.93. The van der Waals surface area contributed by atoms with Crippen LogP contribution in [0.1, 0.15) is 43.2 Å². The van der Waals surface area contributed by atoms with Gasteiger partial charge in [0.25, 0.3) is 0 Å². The van der Waals surface area contributed by atoms with Gasteiger partial charge in [-0.25, -0.2) is 4.39 Å². The number of nitrogens with zero attached hydrogens (tertiary/aromatic N) is 5. The van der Waals surface area contributed by atoms with Crippen molar-refractivity contribution in [2.24, 2.45) is 0 Å². The smallest absolute Gasteiger partial charge is 0.334 e. The molecule has 2 aromatic carbocycles. The van der Waals surface area contributed by atoms with Crippen LogP contribution in [0, 0.1) is 5.82 Å². The summed E-state index contributed by atoms with van der Waals surface area (Å²) >= 11 is 0. The lowest BCUT2D eigenvalue weighted by Gasteiger charge is -2.34. The maximum Gasteiger partial charge on any atom is 0.416 e. The second-order valence-electron chi connectivity index (χ2n) is 8.16. The van der Waals surface area contributed by atoms with Crippen LogP contribution in [0.3, 0.4) is 0 Å². The van der Waals surface area contributed by atoms with Crippen molar-refractivity contribution in [1.82, 2.24) is 25.1 Å². The minimum absolute atomic E-state index is 0.0108. The Kier molecular flexibility index (Phi) is 6.71. The van der Waals surface area contributed by atoms with E-state index in [9.17, 15) is 22.4 Å². The monoisotopic (exact) mass is 461 g/mol. The number of carbonyl (C=O) groups excluding carboxylic acids is 1. The lowest BCUT2D eigenvalue weighted by molar-refractivity contribution is -0.137. The van der Waals surface area contributed by atoms with Gasteiger partial charge < -0.3 is 4.90 Å². The predicted octanol–water partition coefficient (Wildman–Crippen LogP) is 4.86. The van der Waals surface area contributed by atoms with E-state index in [1.165, 1.54) is 24.3 Å². The highest BCUT2D eigenvalue weighted by molar-refractivity contribution is 5.76. The first-order chi connectivity index (χ1) is 15.8. The first kappa shape index (κ1) is 22.9. The molecule has 6 nitrogen and oxygen atoms in total. The normalized spacial score (nSPS) is 14.9. The van der Waals surface area contributed by atoms with Crippen molar-refractivity contribution in [3.8, 4) is 11.4 Å². The minimum Gasteiger partial charge on any atom is -0.334 e. The first-order valence-corrected chi connectivity index (χ1v) is 10.8. The van der Waals surface area contributed by atoms with Gasteiger partial charge in [-0.2, -0.15) is 18.0 Å². The summed E-state index contributed by atoms with van der Waals surface area (Å²) in [5.74, 6) is -0.556. The van der Waals surface area contributed by atoms with E-state index < -0.39 is 11.7 Å².